The number of anilines is 2. The van der Waals surface area contributed by atoms with Gasteiger partial charge in [-0.3, -0.25) is 4.90 Å². The summed E-state index contributed by atoms with van der Waals surface area (Å²) < 4.78 is 0. The van der Waals surface area contributed by atoms with Gasteiger partial charge in [0.1, 0.15) is 0 Å². The molecule has 0 fully saturated rings. The van der Waals surface area contributed by atoms with E-state index in [4.69, 9.17) is 0 Å². The van der Waals surface area contributed by atoms with Crippen LogP contribution in [0.1, 0.15) is 38.9 Å². The number of benzene rings is 3. The summed E-state index contributed by atoms with van der Waals surface area (Å²) in [7, 11) is 0. The summed E-state index contributed by atoms with van der Waals surface area (Å²) in [6.07, 6.45) is 0. The molecule has 0 saturated heterocycles. The van der Waals surface area contributed by atoms with E-state index in [0.717, 1.165) is 19.9 Å². The summed E-state index contributed by atoms with van der Waals surface area (Å²) in [5, 5.41) is 7.38. The molecule has 0 heterocycles. The number of nitrogens with one attached hydrogen (secondary N) is 2. The van der Waals surface area contributed by atoms with Gasteiger partial charge in [0.2, 0.25) is 0 Å². The molecule has 0 radical (unpaired) electrons. The van der Waals surface area contributed by atoms with Crippen LogP contribution in [0.25, 0.3) is 0 Å². The van der Waals surface area contributed by atoms with Crippen molar-refractivity contribution in [3.63, 3.8) is 0 Å². The lowest BCUT2D eigenvalue weighted by Crippen LogP contribution is -2.34. The Labute approximate surface area is 182 Å². The Kier molecular flexibility index (Phi) is 7.17. The van der Waals surface area contributed by atoms with Gasteiger partial charge in [-0.1, -0.05) is 65.7 Å². The summed E-state index contributed by atoms with van der Waals surface area (Å²) in [4.78, 5) is 2.41. The zero-order valence-electron chi connectivity index (χ0n) is 19.3. The lowest BCUT2D eigenvalue weighted by atomic mass is 10.1. The fraction of sp³-hybridized carbons (Fsp3) is 0.333. The Morgan fingerprint density at radius 3 is 1.40 bits per heavy atom. The van der Waals surface area contributed by atoms with Crippen LogP contribution >= 0.6 is 0 Å². The highest BCUT2D eigenvalue weighted by atomic mass is 15.3. The summed E-state index contributed by atoms with van der Waals surface area (Å²) in [5.74, 6) is 0. The van der Waals surface area contributed by atoms with Crippen LogP contribution < -0.4 is 10.6 Å². The smallest absolute Gasteiger partial charge is 0.0696 e. The van der Waals surface area contributed by atoms with Gasteiger partial charge in [0.05, 0.1) is 13.3 Å². The van der Waals surface area contributed by atoms with Crippen LogP contribution in [-0.2, 0) is 6.54 Å². The largest absolute Gasteiger partial charge is 0.372 e. The van der Waals surface area contributed by atoms with Gasteiger partial charge in [-0.05, 0) is 69.4 Å². The average molecular weight is 402 g/mol. The third-order valence-corrected chi connectivity index (χ3v) is 5.56. The van der Waals surface area contributed by atoms with Gasteiger partial charge in [-0.2, -0.15) is 0 Å². The van der Waals surface area contributed by atoms with Gasteiger partial charge in [0.25, 0.3) is 0 Å². The van der Waals surface area contributed by atoms with Gasteiger partial charge in [-0.15, -0.1) is 0 Å². The second-order valence-electron chi connectivity index (χ2n) is 8.53. The fourth-order valence-electron chi connectivity index (χ4n) is 4.31. The van der Waals surface area contributed by atoms with Crippen LogP contribution in [0, 0.1) is 41.5 Å². The summed E-state index contributed by atoms with van der Waals surface area (Å²) >= 11 is 0. The van der Waals surface area contributed by atoms with E-state index in [2.05, 4.69) is 112 Å². The van der Waals surface area contributed by atoms with Gasteiger partial charge in [0, 0.05) is 17.9 Å². The Morgan fingerprint density at radius 2 is 1.00 bits per heavy atom. The molecule has 3 aromatic carbocycles. The molecular formula is C27H35N3. The molecule has 0 atom stereocenters. The van der Waals surface area contributed by atoms with Crippen molar-refractivity contribution in [2.24, 2.45) is 0 Å². The van der Waals surface area contributed by atoms with Crippen LogP contribution in [-0.4, -0.2) is 18.2 Å². The molecule has 3 heteroatoms. The second kappa shape index (κ2) is 9.82. The van der Waals surface area contributed by atoms with Crippen molar-refractivity contribution in [3.8, 4) is 0 Å². The maximum absolute atomic E-state index is 3.69. The van der Waals surface area contributed by atoms with Crippen LogP contribution in [0.3, 0.4) is 0 Å². The van der Waals surface area contributed by atoms with Crippen molar-refractivity contribution in [2.75, 3.05) is 24.0 Å². The predicted octanol–water partition coefficient (Wildman–Crippen LogP) is 6.48. The van der Waals surface area contributed by atoms with Crippen LogP contribution in [0.4, 0.5) is 11.4 Å². The molecule has 158 valence electrons. The minimum absolute atomic E-state index is 0.774. The lowest BCUT2D eigenvalue weighted by Gasteiger charge is -2.26. The number of rotatable bonds is 8. The minimum Gasteiger partial charge on any atom is -0.372 e. The van der Waals surface area contributed by atoms with E-state index < -0.39 is 0 Å². The molecule has 0 aliphatic rings. The molecule has 0 spiro atoms. The Hall–Kier alpha value is -2.78. The first-order chi connectivity index (χ1) is 14.3. The number of hydrogen-bond acceptors (Lipinski definition) is 3. The maximum Gasteiger partial charge on any atom is 0.0696 e. The quantitative estimate of drug-likeness (QED) is 0.423. The number of hydrogen-bond donors (Lipinski definition) is 2. The molecule has 0 unspecified atom stereocenters. The van der Waals surface area contributed by atoms with E-state index in [1.54, 1.807) is 0 Å². The first-order valence-corrected chi connectivity index (χ1v) is 10.7. The third-order valence-electron chi connectivity index (χ3n) is 5.56. The lowest BCUT2D eigenvalue weighted by molar-refractivity contribution is 0.305. The van der Waals surface area contributed by atoms with E-state index in [9.17, 15) is 0 Å². The monoisotopic (exact) mass is 401 g/mol. The first kappa shape index (κ1) is 21.9. The van der Waals surface area contributed by atoms with E-state index in [1.807, 2.05) is 0 Å². The van der Waals surface area contributed by atoms with Crippen LogP contribution in [0.15, 0.2) is 54.6 Å². The van der Waals surface area contributed by atoms with Crippen molar-refractivity contribution >= 4 is 11.4 Å². The van der Waals surface area contributed by atoms with Crippen molar-refractivity contribution in [1.29, 1.82) is 0 Å². The molecule has 0 saturated carbocycles. The van der Waals surface area contributed by atoms with Gasteiger partial charge in [0.15, 0.2) is 0 Å². The summed E-state index contributed by atoms with van der Waals surface area (Å²) in [5.41, 5.74) is 11.6. The summed E-state index contributed by atoms with van der Waals surface area (Å²) in [6, 6.07) is 19.6. The highest BCUT2D eigenvalue weighted by molar-refractivity contribution is 5.59. The molecule has 0 bridgehead atoms. The van der Waals surface area contributed by atoms with Crippen LogP contribution in [0.5, 0.6) is 0 Å². The zero-order chi connectivity index (χ0) is 21.7. The molecule has 3 aromatic rings. The minimum atomic E-state index is 0.774. The molecule has 0 aliphatic carbocycles. The molecule has 0 aromatic heterocycles. The molecule has 3 rings (SSSR count). The average Bonchev–Trinajstić information content (AvgIpc) is 2.66. The van der Waals surface area contributed by atoms with Crippen molar-refractivity contribution in [1.82, 2.24) is 4.90 Å². The van der Waals surface area contributed by atoms with Crippen molar-refractivity contribution in [3.05, 3.63) is 93.5 Å². The molecule has 3 nitrogen and oxygen atoms in total. The van der Waals surface area contributed by atoms with Crippen molar-refractivity contribution < 1.29 is 0 Å². The van der Waals surface area contributed by atoms with Gasteiger partial charge >= 0.3 is 0 Å². The molecule has 2 N–H and O–H groups in total. The van der Waals surface area contributed by atoms with Crippen LogP contribution in [0.2, 0.25) is 0 Å². The second-order valence-corrected chi connectivity index (χ2v) is 8.53. The Bertz CT molecular complexity index is 885. The normalized spacial score (nSPS) is 11.0. The Balaban J connectivity index is 1.76. The topological polar surface area (TPSA) is 27.3 Å². The van der Waals surface area contributed by atoms with Gasteiger partial charge < -0.3 is 10.6 Å². The highest BCUT2D eigenvalue weighted by Gasteiger charge is 2.11. The molecule has 0 amide bonds. The Morgan fingerprint density at radius 1 is 0.600 bits per heavy atom. The van der Waals surface area contributed by atoms with E-state index in [-0.39, 0.29) is 0 Å². The standard InChI is InChI=1S/C27H35N3/c1-19-12-21(3)26(22(4)13-19)28-17-30(16-25-10-8-7-9-11-25)18-29-27-23(5)14-20(2)15-24(27)6/h7-15,28-29H,16-18H2,1-6H3. The SMILES string of the molecule is Cc1cc(C)c(NCN(CNc2c(C)cc(C)cc2C)Cc2ccccc2)c(C)c1. The number of nitrogens with zero attached hydrogens (tertiary/aromatic N) is 1. The zero-order valence-corrected chi connectivity index (χ0v) is 19.3. The fourth-order valence-corrected chi connectivity index (χ4v) is 4.31. The predicted molar refractivity (Wildman–Crippen MR) is 130 cm³/mol. The molecule has 30 heavy (non-hydrogen) atoms. The maximum atomic E-state index is 3.69. The third kappa shape index (κ3) is 5.64. The highest BCUT2D eigenvalue weighted by Crippen LogP contribution is 2.23. The molecular weight excluding hydrogens is 366 g/mol. The first-order valence-electron chi connectivity index (χ1n) is 10.7. The van der Waals surface area contributed by atoms with Gasteiger partial charge in [-0.25, -0.2) is 0 Å². The van der Waals surface area contributed by atoms with Crippen molar-refractivity contribution in [2.45, 2.75) is 48.1 Å². The number of aryl methyl sites for hydroxylation is 6. The molecule has 0 aliphatic heterocycles. The summed E-state index contributed by atoms with van der Waals surface area (Å²) in [6.45, 7) is 15.5. The van der Waals surface area contributed by atoms with E-state index >= 15 is 0 Å². The van der Waals surface area contributed by atoms with E-state index in [0.29, 0.717) is 0 Å². The van der Waals surface area contributed by atoms with E-state index in [1.165, 1.54) is 50.3 Å².